The van der Waals surface area contributed by atoms with Gasteiger partial charge in [-0.2, -0.15) is 0 Å². The van der Waals surface area contributed by atoms with E-state index < -0.39 is 0 Å². The fraction of sp³-hybridized carbons (Fsp3) is 0.500. The molecule has 1 aromatic heterocycles. The van der Waals surface area contributed by atoms with Gasteiger partial charge in [-0.15, -0.1) is 11.3 Å². The van der Waals surface area contributed by atoms with Gasteiger partial charge in [-0.1, -0.05) is 30.3 Å². The van der Waals surface area contributed by atoms with Crippen molar-refractivity contribution in [1.82, 2.24) is 15.6 Å². The van der Waals surface area contributed by atoms with E-state index in [1.807, 2.05) is 13.0 Å². The predicted octanol–water partition coefficient (Wildman–Crippen LogP) is 3.46. The maximum atomic E-state index is 5.72. The highest BCUT2D eigenvalue weighted by Gasteiger charge is 2.03. The van der Waals surface area contributed by atoms with Crippen LogP contribution in [-0.4, -0.2) is 37.2 Å². The SMILES string of the molecule is CCNC(=NCc1nc(C)c(C)s1)NCCCOCCc1ccccc1. The van der Waals surface area contributed by atoms with E-state index in [-0.39, 0.29) is 0 Å². The Morgan fingerprint density at radius 1 is 1.15 bits per heavy atom. The van der Waals surface area contributed by atoms with Crippen LogP contribution in [0, 0.1) is 13.8 Å². The Labute approximate surface area is 160 Å². The number of nitrogens with zero attached hydrogens (tertiary/aromatic N) is 2. The molecule has 0 saturated carbocycles. The summed E-state index contributed by atoms with van der Waals surface area (Å²) in [6, 6.07) is 10.4. The summed E-state index contributed by atoms with van der Waals surface area (Å²) in [5, 5.41) is 7.69. The molecule has 0 atom stereocenters. The third-order valence-corrected chi connectivity index (χ3v) is 4.98. The van der Waals surface area contributed by atoms with Crippen LogP contribution >= 0.6 is 11.3 Å². The number of ether oxygens (including phenoxy) is 1. The van der Waals surface area contributed by atoms with Crippen molar-refractivity contribution in [2.75, 3.05) is 26.3 Å². The topological polar surface area (TPSA) is 58.5 Å². The van der Waals surface area contributed by atoms with Crippen molar-refractivity contribution in [3.05, 3.63) is 51.5 Å². The highest BCUT2D eigenvalue weighted by atomic mass is 32.1. The molecule has 2 aromatic rings. The summed E-state index contributed by atoms with van der Waals surface area (Å²) in [5.74, 6) is 0.835. The first-order valence-electron chi connectivity index (χ1n) is 9.25. The van der Waals surface area contributed by atoms with Crippen LogP contribution in [0.2, 0.25) is 0 Å². The van der Waals surface area contributed by atoms with Crippen molar-refractivity contribution >= 4 is 17.3 Å². The van der Waals surface area contributed by atoms with E-state index in [0.29, 0.717) is 6.54 Å². The van der Waals surface area contributed by atoms with Gasteiger partial charge in [0.25, 0.3) is 0 Å². The number of benzene rings is 1. The number of aliphatic imine (C=N–C) groups is 1. The number of hydrogen-bond acceptors (Lipinski definition) is 4. The van der Waals surface area contributed by atoms with E-state index in [1.165, 1.54) is 10.4 Å². The minimum atomic E-state index is 0.613. The van der Waals surface area contributed by atoms with Crippen molar-refractivity contribution < 1.29 is 4.74 Å². The van der Waals surface area contributed by atoms with E-state index in [1.54, 1.807) is 11.3 Å². The average molecular weight is 375 g/mol. The lowest BCUT2D eigenvalue weighted by molar-refractivity contribution is 0.135. The fourth-order valence-electron chi connectivity index (χ4n) is 2.41. The Hall–Kier alpha value is -1.92. The van der Waals surface area contributed by atoms with Crippen LogP contribution in [0.1, 0.15) is 34.5 Å². The Balaban J connectivity index is 1.62. The molecule has 0 spiro atoms. The maximum Gasteiger partial charge on any atom is 0.191 e. The zero-order valence-corrected chi connectivity index (χ0v) is 16.9. The predicted molar refractivity (Wildman–Crippen MR) is 110 cm³/mol. The first kappa shape index (κ1) is 20.4. The van der Waals surface area contributed by atoms with Gasteiger partial charge in [0.15, 0.2) is 5.96 Å². The standard InChI is InChI=1S/C20H30N4OS/c1-4-21-20(23-15-19-24-16(2)17(3)26-19)22-12-8-13-25-14-11-18-9-6-5-7-10-18/h5-7,9-10H,4,8,11-15H2,1-3H3,(H2,21,22,23). The molecule has 6 heteroatoms. The minimum absolute atomic E-state index is 0.613. The highest BCUT2D eigenvalue weighted by Crippen LogP contribution is 2.16. The van der Waals surface area contributed by atoms with Gasteiger partial charge in [0.2, 0.25) is 0 Å². The second-order valence-electron chi connectivity index (χ2n) is 6.07. The molecule has 0 radical (unpaired) electrons. The van der Waals surface area contributed by atoms with Gasteiger partial charge in [-0.25, -0.2) is 9.98 Å². The second-order valence-corrected chi connectivity index (χ2v) is 7.36. The Morgan fingerprint density at radius 3 is 2.65 bits per heavy atom. The van der Waals surface area contributed by atoms with E-state index in [2.05, 4.69) is 58.7 Å². The third-order valence-electron chi connectivity index (χ3n) is 3.93. The number of rotatable bonds is 10. The Morgan fingerprint density at radius 2 is 1.96 bits per heavy atom. The molecule has 0 aliphatic heterocycles. The first-order valence-corrected chi connectivity index (χ1v) is 10.1. The molecule has 1 heterocycles. The molecule has 142 valence electrons. The van der Waals surface area contributed by atoms with Crippen molar-refractivity contribution in [2.24, 2.45) is 4.99 Å². The highest BCUT2D eigenvalue weighted by molar-refractivity contribution is 7.11. The second kappa shape index (κ2) is 11.6. The summed E-state index contributed by atoms with van der Waals surface area (Å²) in [4.78, 5) is 10.4. The van der Waals surface area contributed by atoms with Crippen molar-refractivity contribution in [1.29, 1.82) is 0 Å². The summed E-state index contributed by atoms with van der Waals surface area (Å²) in [7, 11) is 0. The van der Waals surface area contributed by atoms with Crippen LogP contribution in [-0.2, 0) is 17.7 Å². The number of aryl methyl sites for hydroxylation is 2. The molecule has 0 aliphatic rings. The molecule has 2 N–H and O–H groups in total. The summed E-state index contributed by atoms with van der Waals surface area (Å²) in [6.45, 7) is 10.0. The average Bonchev–Trinajstić information content (AvgIpc) is 2.97. The van der Waals surface area contributed by atoms with Crippen LogP contribution in [0.3, 0.4) is 0 Å². The lowest BCUT2D eigenvalue weighted by Gasteiger charge is -2.11. The molecule has 1 aromatic carbocycles. The molecular formula is C20H30N4OS. The number of guanidine groups is 1. The lowest BCUT2D eigenvalue weighted by Crippen LogP contribution is -2.38. The molecule has 5 nitrogen and oxygen atoms in total. The first-order chi connectivity index (χ1) is 12.7. The van der Waals surface area contributed by atoms with Gasteiger partial charge in [0.1, 0.15) is 5.01 Å². The van der Waals surface area contributed by atoms with Gasteiger partial charge >= 0.3 is 0 Å². The summed E-state index contributed by atoms with van der Waals surface area (Å²) in [5.41, 5.74) is 2.42. The summed E-state index contributed by atoms with van der Waals surface area (Å²) >= 11 is 1.72. The van der Waals surface area contributed by atoms with Crippen LogP contribution in [0.4, 0.5) is 0 Å². The molecule has 0 amide bonds. The number of aromatic nitrogens is 1. The molecule has 0 fully saturated rings. The number of thiazole rings is 1. The third kappa shape index (κ3) is 7.54. The van der Waals surface area contributed by atoms with Gasteiger partial charge in [-0.3, -0.25) is 0 Å². The molecule has 2 rings (SSSR count). The van der Waals surface area contributed by atoms with E-state index in [4.69, 9.17) is 4.74 Å². The largest absolute Gasteiger partial charge is 0.381 e. The minimum Gasteiger partial charge on any atom is -0.381 e. The number of hydrogen-bond donors (Lipinski definition) is 2. The molecule has 0 unspecified atom stereocenters. The number of nitrogens with one attached hydrogen (secondary N) is 2. The van der Waals surface area contributed by atoms with E-state index >= 15 is 0 Å². The van der Waals surface area contributed by atoms with E-state index in [0.717, 1.165) is 55.8 Å². The summed E-state index contributed by atoms with van der Waals surface area (Å²) in [6.07, 6.45) is 1.92. The zero-order valence-electron chi connectivity index (χ0n) is 16.0. The van der Waals surface area contributed by atoms with Crippen LogP contribution < -0.4 is 10.6 Å². The van der Waals surface area contributed by atoms with Gasteiger partial charge in [-0.05, 0) is 39.2 Å². The van der Waals surface area contributed by atoms with Crippen molar-refractivity contribution in [3.63, 3.8) is 0 Å². The van der Waals surface area contributed by atoms with Crippen molar-refractivity contribution in [2.45, 2.75) is 40.2 Å². The smallest absolute Gasteiger partial charge is 0.191 e. The van der Waals surface area contributed by atoms with Crippen LogP contribution in [0.25, 0.3) is 0 Å². The molecular weight excluding hydrogens is 344 g/mol. The Bertz CT molecular complexity index is 650. The van der Waals surface area contributed by atoms with Crippen molar-refractivity contribution in [3.8, 4) is 0 Å². The molecule has 0 saturated heterocycles. The van der Waals surface area contributed by atoms with Gasteiger partial charge in [0.05, 0.1) is 18.8 Å². The Kier molecular flexibility index (Phi) is 9.14. The van der Waals surface area contributed by atoms with Crippen LogP contribution in [0.5, 0.6) is 0 Å². The maximum absolute atomic E-state index is 5.72. The lowest BCUT2D eigenvalue weighted by atomic mass is 10.2. The normalized spacial score (nSPS) is 11.6. The zero-order chi connectivity index (χ0) is 18.6. The van der Waals surface area contributed by atoms with Gasteiger partial charge in [0, 0.05) is 24.6 Å². The molecule has 26 heavy (non-hydrogen) atoms. The molecule has 0 bridgehead atoms. The summed E-state index contributed by atoms with van der Waals surface area (Å²) < 4.78 is 5.72. The monoisotopic (exact) mass is 374 g/mol. The fourth-order valence-corrected chi connectivity index (χ4v) is 3.27. The van der Waals surface area contributed by atoms with E-state index in [9.17, 15) is 0 Å². The molecule has 0 aliphatic carbocycles. The van der Waals surface area contributed by atoms with Crippen LogP contribution in [0.15, 0.2) is 35.3 Å². The quantitative estimate of drug-likeness (QED) is 0.380. The van der Waals surface area contributed by atoms with Gasteiger partial charge < -0.3 is 15.4 Å².